The highest BCUT2D eigenvalue weighted by Gasteiger charge is 2.26. The molecule has 1 saturated heterocycles. The number of likely N-dealkylation sites (N-methyl/N-ethyl adjacent to an activating group) is 1. The van der Waals surface area contributed by atoms with Gasteiger partial charge in [0.1, 0.15) is 0 Å². The summed E-state index contributed by atoms with van der Waals surface area (Å²) < 4.78 is 0. The second-order valence-electron chi connectivity index (χ2n) is 4.55. The second-order valence-corrected chi connectivity index (χ2v) is 4.55. The van der Waals surface area contributed by atoms with Crippen molar-refractivity contribution in [2.24, 2.45) is 0 Å². The Bertz CT molecular complexity index is 416. The van der Waals surface area contributed by atoms with E-state index < -0.39 is 0 Å². The van der Waals surface area contributed by atoms with Crippen molar-refractivity contribution in [1.82, 2.24) is 10.2 Å². The molecular formula is C13H19ClN2O. The number of carbonyl (C=O) groups is 1. The normalized spacial score (nSPS) is 14.8. The lowest BCUT2D eigenvalue weighted by atomic mass is 10.0. The number of carbonyl (C=O) groups excluding carboxylic acids is 1. The van der Waals surface area contributed by atoms with Gasteiger partial charge in [-0.15, -0.1) is 12.4 Å². The Balaban J connectivity index is 0.00000144. The molecule has 4 heteroatoms. The van der Waals surface area contributed by atoms with Crippen molar-refractivity contribution in [2.75, 3.05) is 20.1 Å². The summed E-state index contributed by atoms with van der Waals surface area (Å²) in [5, 5.41) is 3.18. The minimum Gasteiger partial charge on any atom is -0.336 e. The Hall–Kier alpha value is -1.06. The second kappa shape index (κ2) is 5.52. The molecule has 1 fully saturated rings. The van der Waals surface area contributed by atoms with Gasteiger partial charge in [-0.25, -0.2) is 0 Å². The molecule has 94 valence electrons. The summed E-state index contributed by atoms with van der Waals surface area (Å²) in [6, 6.07) is 6.33. The molecular weight excluding hydrogens is 236 g/mol. The molecule has 1 aliphatic heterocycles. The monoisotopic (exact) mass is 254 g/mol. The predicted octanol–water partition coefficient (Wildman–Crippen LogP) is 1.77. The average molecular weight is 255 g/mol. The van der Waals surface area contributed by atoms with Crippen LogP contribution < -0.4 is 5.32 Å². The third-order valence-electron chi connectivity index (χ3n) is 3.24. The van der Waals surface area contributed by atoms with Gasteiger partial charge in [-0.1, -0.05) is 17.7 Å². The van der Waals surface area contributed by atoms with E-state index in [9.17, 15) is 4.79 Å². The van der Waals surface area contributed by atoms with Crippen molar-refractivity contribution < 1.29 is 4.79 Å². The van der Waals surface area contributed by atoms with Crippen molar-refractivity contribution in [3.8, 4) is 0 Å². The van der Waals surface area contributed by atoms with Crippen LogP contribution in [-0.4, -0.2) is 37.0 Å². The van der Waals surface area contributed by atoms with Crippen LogP contribution in [0.3, 0.4) is 0 Å². The summed E-state index contributed by atoms with van der Waals surface area (Å²) in [6.07, 6.45) is 0. The van der Waals surface area contributed by atoms with Gasteiger partial charge in [0.25, 0.3) is 5.91 Å². The molecule has 0 spiro atoms. The van der Waals surface area contributed by atoms with Crippen LogP contribution in [0.15, 0.2) is 18.2 Å². The summed E-state index contributed by atoms with van der Waals surface area (Å²) in [4.78, 5) is 14.1. The van der Waals surface area contributed by atoms with Gasteiger partial charge in [-0.05, 0) is 25.5 Å². The number of benzene rings is 1. The molecule has 2 rings (SSSR count). The fourth-order valence-electron chi connectivity index (χ4n) is 1.96. The maximum Gasteiger partial charge on any atom is 0.254 e. The first kappa shape index (κ1) is 14.0. The molecule has 1 aromatic rings. The zero-order valence-corrected chi connectivity index (χ0v) is 11.3. The van der Waals surface area contributed by atoms with Gasteiger partial charge in [0.2, 0.25) is 0 Å². The van der Waals surface area contributed by atoms with Gasteiger partial charge in [0, 0.05) is 25.7 Å². The maximum absolute atomic E-state index is 12.2. The number of nitrogens with one attached hydrogen (secondary N) is 1. The Morgan fingerprint density at radius 1 is 1.35 bits per heavy atom. The third kappa shape index (κ3) is 2.79. The highest BCUT2D eigenvalue weighted by molar-refractivity contribution is 5.95. The molecule has 0 saturated carbocycles. The topological polar surface area (TPSA) is 32.3 Å². The van der Waals surface area contributed by atoms with E-state index in [0.29, 0.717) is 6.04 Å². The lowest BCUT2D eigenvalue weighted by Gasteiger charge is -2.35. The Labute approximate surface area is 109 Å². The molecule has 1 N–H and O–H groups in total. The van der Waals surface area contributed by atoms with Crippen LogP contribution in [0.25, 0.3) is 0 Å². The van der Waals surface area contributed by atoms with E-state index in [1.54, 1.807) is 0 Å². The van der Waals surface area contributed by atoms with Crippen LogP contribution in [0.1, 0.15) is 21.5 Å². The first-order valence-electron chi connectivity index (χ1n) is 5.64. The summed E-state index contributed by atoms with van der Waals surface area (Å²) in [6.45, 7) is 5.86. The number of hydrogen-bond acceptors (Lipinski definition) is 2. The van der Waals surface area contributed by atoms with E-state index in [0.717, 1.165) is 24.2 Å². The number of hydrogen-bond donors (Lipinski definition) is 1. The zero-order chi connectivity index (χ0) is 11.7. The molecule has 0 radical (unpaired) electrons. The SMILES string of the molecule is Cc1ccc(C(=O)N(C)C2CNC2)c(C)c1.Cl. The number of rotatable bonds is 2. The largest absolute Gasteiger partial charge is 0.336 e. The van der Waals surface area contributed by atoms with E-state index >= 15 is 0 Å². The predicted molar refractivity (Wildman–Crippen MR) is 71.9 cm³/mol. The summed E-state index contributed by atoms with van der Waals surface area (Å²) in [5.41, 5.74) is 3.08. The Morgan fingerprint density at radius 2 is 2.00 bits per heavy atom. The number of amides is 1. The summed E-state index contributed by atoms with van der Waals surface area (Å²) >= 11 is 0. The molecule has 1 aromatic carbocycles. The summed E-state index contributed by atoms with van der Waals surface area (Å²) in [7, 11) is 1.88. The minimum absolute atomic E-state index is 0. The van der Waals surface area contributed by atoms with E-state index in [1.165, 1.54) is 5.56 Å². The van der Waals surface area contributed by atoms with Crippen LogP contribution in [0.2, 0.25) is 0 Å². The number of aryl methyl sites for hydroxylation is 2. The lowest BCUT2D eigenvalue weighted by Crippen LogP contribution is -2.57. The molecule has 0 aromatic heterocycles. The van der Waals surface area contributed by atoms with Crippen LogP contribution >= 0.6 is 12.4 Å². The fourth-order valence-corrected chi connectivity index (χ4v) is 1.96. The fraction of sp³-hybridized carbons (Fsp3) is 0.462. The average Bonchev–Trinajstić information content (AvgIpc) is 2.14. The molecule has 0 atom stereocenters. The van der Waals surface area contributed by atoms with Gasteiger partial charge >= 0.3 is 0 Å². The number of nitrogens with zero attached hydrogens (tertiary/aromatic N) is 1. The van der Waals surface area contributed by atoms with E-state index in [4.69, 9.17) is 0 Å². The van der Waals surface area contributed by atoms with Crippen LogP contribution in [0.4, 0.5) is 0 Å². The number of halogens is 1. The molecule has 1 heterocycles. The molecule has 0 bridgehead atoms. The van der Waals surface area contributed by atoms with Crippen molar-refractivity contribution in [3.63, 3.8) is 0 Å². The van der Waals surface area contributed by atoms with E-state index in [-0.39, 0.29) is 18.3 Å². The molecule has 1 aliphatic rings. The minimum atomic E-state index is 0. The maximum atomic E-state index is 12.2. The Morgan fingerprint density at radius 3 is 2.47 bits per heavy atom. The zero-order valence-electron chi connectivity index (χ0n) is 10.5. The van der Waals surface area contributed by atoms with Gasteiger partial charge in [0.05, 0.1) is 6.04 Å². The molecule has 0 aliphatic carbocycles. The third-order valence-corrected chi connectivity index (χ3v) is 3.24. The quantitative estimate of drug-likeness (QED) is 0.873. The smallest absolute Gasteiger partial charge is 0.254 e. The highest BCUT2D eigenvalue weighted by Crippen LogP contribution is 2.14. The standard InChI is InChI=1S/C13H18N2O.ClH/c1-9-4-5-12(10(2)6-9)13(16)15(3)11-7-14-8-11;/h4-6,11,14H,7-8H2,1-3H3;1H. The molecule has 0 unspecified atom stereocenters. The van der Waals surface area contributed by atoms with Crippen LogP contribution in [0.5, 0.6) is 0 Å². The van der Waals surface area contributed by atoms with Gasteiger partial charge < -0.3 is 10.2 Å². The molecule has 3 nitrogen and oxygen atoms in total. The van der Waals surface area contributed by atoms with Crippen molar-refractivity contribution >= 4 is 18.3 Å². The van der Waals surface area contributed by atoms with Crippen molar-refractivity contribution in [1.29, 1.82) is 0 Å². The lowest BCUT2D eigenvalue weighted by molar-refractivity contribution is 0.0680. The van der Waals surface area contributed by atoms with Gasteiger partial charge in [-0.3, -0.25) is 4.79 Å². The van der Waals surface area contributed by atoms with Gasteiger partial charge in [0.15, 0.2) is 0 Å². The molecule has 17 heavy (non-hydrogen) atoms. The first-order valence-corrected chi connectivity index (χ1v) is 5.64. The van der Waals surface area contributed by atoms with E-state index in [1.807, 2.05) is 37.9 Å². The van der Waals surface area contributed by atoms with Gasteiger partial charge in [-0.2, -0.15) is 0 Å². The van der Waals surface area contributed by atoms with Crippen molar-refractivity contribution in [3.05, 3.63) is 34.9 Å². The van der Waals surface area contributed by atoms with Crippen LogP contribution in [-0.2, 0) is 0 Å². The summed E-state index contributed by atoms with van der Waals surface area (Å²) in [5.74, 6) is 0.129. The first-order chi connectivity index (χ1) is 7.59. The van der Waals surface area contributed by atoms with Crippen molar-refractivity contribution in [2.45, 2.75) is 19.9 Å². The highest BCUT2D eigenvalue weighted by atomic mass is 35.5. The Kier molecular flexibility index (Phi) is 4.54. The molecule has 1 amide bonds. The van der Waals surface area contributed by atoms with E-state index in [2.05, 4.69) is 11.4 Å². The van der Waals surface area contributed by atoms with Crippen LogP contribution in [0, 0.1) is 13.8 Å².